The molecule has 5 nitrogen and oxygen atoms in total. The number of fused-ring (bicyclic) bond motifs is 1. The van der Waals surface area contributed by atoms with Crippen molar-refractivity contribution >= 4 is 16.7 Å². The fraction of sp³-hybridized carbons (Fsp3) is 0.133. The Labute approximate surface area is 116 Å². The SMILES string of the molecule is COc1cccc(COc2ccc3c(N)n[nH]c3c2)c1. The first kappa shape index (κ1) is 12.3. The first-order chi connectivity index (χ1) is 9.76. The molecular weight excluding hydrogens is 254 g/mol. The lowest BCUT2D eigenvalue weighted by Crippen LogP contribution is -1.96. The number of nitrogens with one attached hydrogen (secondary N) is 1. The Balaban J connectivity index is 1.75. The number of aromatic amines is 1. The van der Waals surface area contributed by atoms with Crippen LogP contribution in [0.25, 0.3) is 10.9 Å². The van der Waals surface area contributed by atoms with Crippen molar-refractivity contribution in [2.75, 3.05) is 12.8 Å². The number of H-pyrrole nitrogens is 1. The predicted molar refractivity (Wildman–Crippen MR) is 77.8 cm³/mol. The highest BCUT2D eigenvalue weighted by atomic mass is 16.5. The smallest absolute Gasteiger partial charge is 0.153 e. The number of anilines is 1. The maximum atomic E-state index is 5.76. The molecule has 3 aromatic rings. The second-order valence-corrected chi connectivity index (χ2v) is 4.46. The maximum Gasteiger partial charge on any atom is 0.153 e. The number of hydrogen-bond acceptors (Lipinski definition) is 4. The lowest BCUT2D eigenvalue weighted by molar-refractivity contribution is 0.305. The molecule has 0 amide bonds. The van der Waals surface area contributed by atoms with Crippen LogP contribution in [0.2, 0.25) is 0 Å². The summed E-state index contributed by atoms with van der Waals surface area (Å²) in [4.78, 5) is 0. The van der Waals surface area contributed by atoms with Crippen molar-refractivity contribution in [1.82, 2.24) is 10.2 Å². The molecule has 0 bridgehead atoms. The van der Waals surface area contributed by atoms with Crippen LogP contribution < -0.4 is 15.2 Å². The van der Waals surface area contributed by atoms with Gasteiger partial charge in [-0.3, -0.25) is 5.10 Å². The van der Waals surface area contributed by atoms with Crippen molar-refractivity contribution in [2.45, 2.75) is 6.61 Å². The van der Waals surface area contributed by atoms with E-state index in [9.17, 15) is 0 Å². The first-order valence-corrected chi connectivity index (χ1v) is 6.25. The third-order valence-electron chi connectivity index (χ3n) is 3.10. The van der Waals surface area contributed by atoms with E-state index in [2.05, 4.69) is 10.2 Å². The Kier molecular flexibility index (Phi) is 3.16. The number of nitrogens with two attached hydrogens (primary N) is 1. The average Bonchev–Trinajstić information content (AvgIpc) is 2.86. The highest BCUT2D eigenvalue weighted by molar-refractivity contribution is 5.89. The molecular formula is C15H15N3O2. The quantitative estimate of drug-likeness (QED) is 0.763. The van der Waals surface area contributed by atoms with Crippen LogP contribution >= 0.6 is 0 Å². The molecule has 5 heteroatoms. The minimum atomic E-state index is 0.478. The Bertz CT molecular complexity index is 737. The third-order valence-corrected chi connectivity index (χ3v) is 3.10. The molecule has 0 radical (unpaired) electrons. The van der Waals surface area contributed by atoms with E-state index in [-0.39, 0.29) is 0 Å². The van der Waals surface area contributed by atoms with Gasteiger partial charge in [-0.25, -0.2) is 0 Å². The lowest BCUT2D eigenvalue weighted by Gasteiger charge is -2.07. The van der Waals surface area contributed by atoms with Gasteiger partial charge in [0.1, 0.15) is 18.1 Å². The summed E-state index contributed by atoms with van der Waals surface area (Å²) in [7, 11) is 1.65. The molecule has 20 heavy (non-hydrogen) atoms. The number of ether oxygens (including phenoxy) is 2. The molecule has 0 atom stereocenters. The second kappa shape index (κ2) is 5.13. The van der Waals surface area contributed by atoms with Crippen molar-refractivity contribution in [3.63, 3.8) is 0 Å². The van der Waals surface area contributed by atoms with Crippen molar-refractivity contribution in [3.05, 3.63) is 48.0 Å². The molecule has 3 rings (SSSR count). The van der Waals surface area contributed by atoms with Crippen LogP contribution in [0.4, 0.5) is 5.82 Å². The normalized spacial score (nSPS) is 10.7. The predicted octanol–water partition coefficient (Wildman–Crippen LogP) is 2.73. The van der Waals surface area contributed by atoms with Crippen molar-refractivity contribution in [1.29, 1.82) is 0 Å². The topological polar surface area (TPSA) is 73.2 Å². The zero-order valence-corrected chi connectivity index (χ0v) is 11.1. The van der Waals surface area contributed by atoms with Gasteiger partial charge < -0.3 is 15.2 Å². The zero-order valence-electron chi connectivity index (χ0n) is 11.1. The van der Waals surface area contributed by atoms with E-state index >= 15 is 0 Å². The average molecular weight is 269 g/mol. The van der Waals surface area contributed by atoms with Crippen molar-refractivity contribution in [3.8, 4) is 11.5 Å². The van der Waals surface area contributed by atoms with Crippen LogP contribution in [0, 0.1) is 0 Å². The van der Waals surface area contributed by atoms with E-state index in [0.717, 1.165) is 28.0 Å². The van der Waals surface area contributed by atoms with Gasteiger partial charge in [-0.2, -0.15) is 5.10 Å². The van der Waals surface area contributed by atoms with Crippen LogP contribution in [0.5, 0.6) is 11.5 Å². The number of nitrogen functional groups attached to an aromatic ring is 1. The first-order valence-electron chi connectivity index (χ1n) is 6.25. The number of nitrogens with zero attached hydrogens (tertiary/aromatic N) is 1. The van der Waals surface area contributed by atoms with Gasteiger partial charge in [0.2, 0.25) is 0 Å². The second-order valence-electron chi connectivity index (χ2n) is 4.46. The van der Waals surface area contributed by atoms with E-state index in [1.54, 1.807) is 7.11 Å². The van der Waals surface area contributed by atoms with Gasteiger partial charge in [0.15, 0.2) is 5.82 Å². The van der Waals surface area contributed by atoms with Crippen molar-refractivity contribution < 1.29 is 9.47 Å². The van der Waals surface area contributed by atoms with Crippen molar-refractivity contribution in [2.24, 2.45) is 0 Å². The fourth-order valence-corrected chi connectivity index (χ4v) is 2.04. The summed E-state index contributed by atoms with van der Waals surface area (Å²) >= 11 is 0. The van der Waals surface area contributed by atoms with Crippen LogP contribution in [-0.4, -0.2) is 17.3 Å². The van der Waals surface area contributed by atoms with Gasteiger partial charge in [0, 0.05) is 11.5 Å². The standard InChI is InChI=1S/C15H15N3O2/c1-19-11-4-2-3-10(7-11)9-20-12-5-6-13-14(8-12)17-18-15(13)16/h2-8H,9H2,1H3,(H3,16,17,18). The number of rotatable bonds is 4. The molecule has 1 heterocycles. The van der Waals surface area contributed by atoms with Gasteiger partial charge in [0.25, 0.3) is 0 Å². The Morgan fingerprint density at radius 1 is 1.15 bits per heavy atom. The monoisotopic (exact) mass is 269 g/mol. The summed E-state index contributed by atoms with van der Waals surface area (Å²) in [6, 6.07) is 13.5. The Morgan fingerprint density at radius 3 is 2.90 bits per heavy atom. The van der Waals surface area contributed by atoms with E-state index in [0.29, 0.717) is 12.4 Å². The zero-order chi connectivity index (χ0) is 13.9. The molecule has 102 valence electrons. The Morgan fingerprint density at radius 2 is 2.05 bits per heavy atom. The number of aromatic nitrogens is 2. The summed E-state index contributed by atoms with van der Waals surface area (Å²) < 4.78 is 10.9. The third kappa shape index (κ3) is 2.38. The molecule has 0 aliphatic rings. The Hall–Kier alpha value is -2.69. The minimum absolute atomic E-state index is 0.478. The van der Waals surface area contributed by atoms with Crippen LogP contribution in [-0.2, 0) is 6.61 Å². The number of benzene rings is 2. The molecule has 0 saturated carbocycles. The minimum Gasteiger partial charge on any atom is -0.497 e. The van der Waals surface area contributed by atoms with Gasteiger partial charge in [-0.1, -0.05) is 12.1 Å². The summed E-state index contributed by atoms with van der Waals surface area (Å²) in [5, 5.41) is 7.73. The largest absolute Gasteiger partial charge is 0.497 e. The molecule has 0 saturated heterocycles. The van der Waals surface area contributed by atoms with Crippen LogP contribution in [0.3, 0.4) is 0 Å². The maximum absolute atomic E-state index is 5.76. The summed E-state index contributed by atoms with van der Waals surface area (Å²) in [5.74, 6) is 2.09. The highest BCUT2D eigenvalue weighted by Crippen LogP contribution is 2.23. The van der Waals surface area contributed by atoms with Crippen LogP contribution in [0.15, 0.2) is 42.5 Å². The highest BCUT2D eigenvalue weighted by Gasteiger charge is 2.04. The van der Waals surface area contributed by atoms with Gasteiger partial charge in [-0.05, 0) is 29.8 Å². The van der Waals surface area contributed by atoms with E-state index in [1.165, 1.54) is 0 Å². The van der Waals surface area contributed by atoms with Gasteiger partial charge in [-0.15, -0.1) is 0 Å². The number of methoxy groups -OCH3 is 1. The molecule has 0 spiro atoms. The molecule has 1 aromatic heterocycles. The summed E-state index contributed by atoms with van der Waals surface area (Å²) in [6.45, 7) is 0.478. The molecule has 0 aliphatic carbocycles. The molecule has 0 unspecified atom stereocenters. The van der Waals surface area contributed by atoms with Crippen LogP contribution in [0.1, 0.15) is 5.56 Å². The summed E-state index contributed by atoms with van der Waals surface area (Å²) in [5.41, 5.74) is 7.64. The molecule has 2 aromatic carbocycles. The lowest BCUT2D eigenvalue weighted by atomic mass is 10.2. The van der Waals surface area contributed by atoms with Gasteiger partial charge >= 0.3 is 0 Å². The molecule has 0 aliphatic heterocycles. The van der Waals surface area contributed by atoms with Gasteiger partial charge in [0.05, 0.1) is 12.6 Å². The summed E-state index contributed by atoms with van der Waals surface area (Å²) in [6.07, 6.45) is 0. The molecule has 0 fully saturated rings. The van der Waals surface area contributed by atoms with E-state index in [1.807, 2.05) is 42.5 Å². The fourth-order valence-electron chi connectivity index (χ4n) is 2.04. The number of hydrogen-bond donors (Lipinski definition) is 2. The van der Waals surface area contributed by atoms with E-state index in [4.69, 9.17) is 15.2 Å². The molecule has 3 N–H and O–H groups in total. The van der Waals surface area contributed by atoms with E-state index < -0.39 is 0 Å².